The van der Waals surface area contributed by atoms with E-state index in [2.05, 4.69) is 30.4 Å². The molecule has 2 aliphatic heterocycles. The fourth-order valence-electron chi connectivity index (χ4n) is 4.78. The van der Waals surface area contributed by atoms with Crippen LogP contribution in [0.3, 0.4) is 0 Å². The summed E-state index contributed by atoms with van der Waals surface area (Å²) < 4.78 is 24.6. The molecule has 0 amide bonds. The van der Waals surface area contributed by atoms with Gasteiger partial charge in [-0.3, -0.25) is 9.58 Å². The second kappa shape index (κ2) is 8.35. The first-order valence-electron chi connectivity index (χ1n) is 11.7. The summed E-state index contributed by atoms with van der Waals surface area (Å²) in [5, 5.41) is 12.1. The molecule has 0 aromatic carbocycles. The molecular formula is C24H27FN8O. The summed E-state index contributed by atoms with van der Waals surface area (Å²) in [7, 11) is 1.80. The van der Waals surface area contributed by atoms with Crippen molar-refractivity contribution in [2.24, 2.45) is 7.05 Å². The lowest BCUT2D eigenvalue weighted by Gasteiger charge is -2.40. The first-order chi connectivity index (χ1) is 16.5. The van der Waals surface area contributed by atoms with Crippen LogP contribution < -0.4 is 10.1 Å². The maximum Gasteiger partial charge on any atom is 0.165 e. The van der Waals surface area contributed by atoms with E-state index in [1.54, 1.807) is 24.0 Å². The van der Waals surface area contributed by atoms with Gasteiger partial charge in [0, 0.05) is 49.4 Å². The molecule has 176 valence electrons. The van der Waals surface area contributed by atoms with E-state index in [1.165, 1.54) is 10.7 Å². The second-order valence-corrected chi connectivity index (χ2v) is 9.10. The molecule has 5 bridgehead atoms. The van der Waals surface area contributed by atoms with Gasteiger partial charge < -0.3 is 10.1 Å². The van der Waals surface area contributed by atoms with Crippen LogP contribution in [0, 0.1) is 12.7 Å². The molecule has 4 aromatic heterocycles. The summed E-state index contributed by atoms with van der Waals surface area (Å²) in [4.78, 5) is 11.7. The Morgan fingerprint density at radius 1 is 1.12 bits per heavy atom. The number of hydrogen-bond donors (Lipinski definition) is 1. The van der Waals surface area contributed by atoms with Crippen LogP contribution in [-0.4, -0.2) is 60.0 Å². The number of hydrogen-bond acceptors (Lipinski definition) is 7. The molecule has 0 aliphatic carbocycles. The van der Waals surface area contributed by atoms with Gasteiger partial charge in [-0.05, 0) is 38.8 Å². The van der Waals surface area contributed by atoms with Crippen molar-refractivity contribution in [2.75, 3.05) is 25.0 Å². The summed E-state index contributed by atoms with van der Waals surface area (Å²) in [5.74, 6) is 2.30. The number of ether oxygens (including phenoxy) is 1. The molecule has 1 N–H and O–H groups in total. The van der Waals surface area contributed by atoms with E-state index in [9.17, 15) is 0 Å². The topological polar surface area (TPSA) is 85.4 Å². The van der Waals surface area contributed by atoms with Crippen molar-refractivity contribution in [1.82, 2.24) is 34.3 Å². The molecule has 0 saturated carbocycles. The molecule has 9 nitrogen and oxygen atoms in total. The zero-order chi connectivity index (χ0) is 23.2. The van der Waals surface area contributed by atoms with Gasteiger partial charge >= 0.3 is 0 Å². The third kappa shape index (κ3) is 3.87. The van der Waals surface area contributed by atoms with Crippen LogP contribution >= 0.6 is 0 Å². The van der Waals surface area contributed by atoms with Gasteiger partial charge in [0.05, 0.1) is 17.9 Å². The maximum atomic E-state index is 15.2. The van der Waals surface area contributed by atoms with Crippen molar-refractivity contribution in [1.29, 1.82) is 0 Å². The van der Waals surface area contributed by atoms with Gasteiger partial charge in [0.25, 0.3) is 0 Å². The number of aryl methyl sites for hydroxylation is 3. The number of rotatable bonds is 0. The van der Waals surface area contributed by atoms with Crippen molar-refractivity contribution in [3.8, 4) is 17.0 Å². The van der Waals surface area contributed by atoms with Crippen LogP contribution in [0.25, 0.3) is 16.8 Å². The maximum absolute atomic E-state index is 15.2. The standard InChI is InChI=1S/C24H27FN8O/c1-15-9-22-28-21(27-15)5-3-4-7-32-8-6-16(32)14-34-20-12-26-31(2)24(20)18-10-17-11-23(29-22)30-33(17)13-19(18)25/h9-13,16H,3-8,14H2,1-2H3,(H,27,28,29,30)/t16-/m1/s1. The fourth-order valence-corrected chi connectivity index (χ4v) is 4.78. The van der Waals surface area contributed by atoms with Crippen molar-refractivity contribution in [2.45, 2.75) is 38.6 Å². The van der Waals surface area contributed by atoms with Gasteiger partial charge in [0.2, 0.25) is 0 Å². The number of anilines is 2. The van der Waals surface area contributed by atoms with E-state index < -0.39 is 5.82 Å². The molecule has 1 atom stereocenters. The number of aromatic nitrogens is 6. The highest BCUT2D eigenvalue weighted by Crippen LogP contribution is 2.33. The zero-order valence-electron chi connectivity index (χ0n) is 19.3. The van der Waals surface area contributed by atoms with Gasteiger partial charge in [-0.2, -0.15) is 5.10 Å². The molecular weight excluding hydrogens is 435 g/mol. The molecule has 1 saturated heterocycles. The predicted molar refractivity (Wildman–Crippen MR) is 126 cm³/mol. The smallest absolute Gasteiger partial charge is 0.165 e. The number of halogens is 1. The largest absolute Gasteiger partial charge is 0.488 e. The Bertz CT molecular complexity index is 1360. The summed E-state index contributed by atoms with van der Waals surface area (Å²) in [5.41, 5.74) is 2.70. The summed E-state index contributed by atoms with van der Waals surface area (Å²) in [6, 6.07) is 5.91. The van der Waals surface area contributed by atoms with Crippen molar-refractivity contribution in [3.05, 3.63) is 47.9 Å². The Hall–Kier alpha value is -3.53. The van der Waals surface area contributed by atoms with Crippen LogP contribution in [0.15, 0.2) is 30.6 Å². The van der Waals surface area contributed by atoms with Crippen LogP contribution in [0.2, 0.25) is 0 Å². The van der Waals surface area contributed by atoms with Crippen molar-refractivity contribution < 1.29 is 9.13 Å². The van der Waals surface area contributed by atoms with Crippen LogP contribution in [0.1, 0.15) is 30.8 Å². The lowest BCUT2D eigenvalue weighted by molar-refractivity contribution is 0.0495. The molecule has 1 fully saturated rings. The highest BCUT2D eigenvalue weighted by Gasteiger charge is 2.29. The van der Waals surface area contributed by atoms with Crippen LogP contribution in [-0.2, 0) is 13.5 Å². The lowest BCUT2D eigenvalue weighted by atomic mass is 10.0. The molecule has 0 unspecified atom stereocenters. The van der Waals surface area contributed by atoms with E-state index in [0.717, 1.165) is 55.8 Å². The second-order valence-electron chi connectivity index (χ2n) is 9.10. The Balaban J connectivity index is 1.42. The number of nitrogens with zero attached hydrogens (tertiary/aromatic N) is 7. The Labute approximate surface area is 196 Å². The van der Waals surface area contributed by atoms with Gasteiger partial charge in [-0.1, -0.05) is 0 Å². The van der Waals surface area contributed by atoms with Crippen LogP contribution in [0.5, 0.6) is 5.75 Å². The molecule has 6 heterocycles. The Morgan fingerprint density at radius 2 is 2.03 bits per heavy atom. The summed E-state index contributed by atoms with van der Waals surface area (Å²) in [6.45, 7) is 4.63. The first-order valence-corrected chi connectivity index (χ1v) is 11.7. The lowest BCUT2D eigenvalue weighted by Crippen LogP contribution is -2.51. The number of nitrogens with one attached hydrogen (secondary N) is 1. The van der Waals surface area contributed by atoms with E-state index >= 15 is 4.39 Å². The monoisotopic (exact) mass is 462 g/mol. The van der Waals surface area contributed by atoms with E-state index in [-0.39, 0.29) is 0 Å². The van der Waals surface area contributed by atoms with Crippen molar-refractivity contribution >= 4 is 17.2 Å². The minimum absolute atomic E-state index is 0.367. The average Bonchev–Trinajstić information content (AvgIpc) is 3.33. The van der Waals surface area contributed by atoms with Gasteiger partial charge in [-0.15, -0.1) is 5.10 Å². The Morgan fingerprint density at radius 3 is 2.88 bits per heavy atom. The van der Waals surface area contributed by atoms with Gasteiger partial charge in [0.1, 0.15) is 23.9 Å². The third-order valence-electron chi connectivity index (χ3n) is 6.66. The average molecular weight is 463 g/mol. The molecule has 6 rings (SSSR count). The molecule has 4 aromatic rings. The van der Waals surface area contributed by atoms with Crippen molar-refractivity contribution in [3.63, 3.8) is 0 Å². The van der Waals surface area contributed by atoms with E-state index in [0.29, 0.717) is 41.3 Å². The third-order valence-corrected chi connectivity index (χ3v) is 6.66. The Kier molecular flexibility index (Phi) is 5.17. The summed E-state index contributed by atoms with van der Waals surface area (Å²) in [6.07, 6.45) is 7.08. The first kappa shape index (κ1) is 21.0. The SMILES string of the molecule is Cc1cc2nc(n1)CCCCN1CC[C@@H]1COc1cnn(C)c1-c1cc3cc(nn3cc1F)N2. The quantitative estimate of drug-likeness (QED) is 0.428. The van der Waals surface area contributed by atoms with E-state index in [1.807, 2.05) is 19.1 Å². The normalized spacial score (nSPS) is 18.9. The zero-order valence-corrected chi connectivity index (χ0v) is 19.3. The minimum Gasteiger partial charge on any atom is -0.488 e. The predicted octanol–water partition coefficient (Wildman–Crippen LogP) is 3.51. The number of pyridine rings is 1. The molecule has 0 radical (unpaired) electrons. The van der Waals surface area contributed by atoms with Gasteiger partial charge in [0.15, 0.2) is 17.4 Å². The highest BCUT2D eigenvalue weighted by molar-refractivity contribution is 5.73. The van der Waals surface area contributed by atoms with E-state index in [4.69, 9.17) is 4.74 Å². The molecule has 34 heavy (non-hydrogen) atoms. The van der Waals surface area contributed by atoms with Gasteiger partial charge in [-0.25, -0.2) is 18.9 Å². The molecule has 2 aliphatic rings. The highest BCUT2D eigenvalue weighted by atomic mass is 19.1. The number of fused-ring (bicyclic) bond motifs is 7. The minimum atomic E-state index is -0.393. The molecule has 10 heteroatoms. The molecule has 0 spiro atoms. The summed E-state index contributed by atoms with van der Waals surface area (Å²) >= 11 is 0. The fraction of sp³-hybridized carbons (Fsp3) is 0.417. The van der Waals surface area contributed by atoms with Crippen LogP contribution in [0.4, 0.5) is 16.0 Å².